The highest BCUT2D eigenvalue weighted by Gasteiger charge is 2.43. The normalized spacial score (nSPS) is 18.6. The van der Waals surface area contributed by atoms with Crippen molar-refractivity contribution >= 4 is 42.1 Å². The summed E-state index contributed by atoms with van der Waals surface area (Å²) in [6.07, 6.45) is 1.63. The molecule has 3 aliphatic rings. The summed E-state index contributed by atoms with van der Waals surface area (Å²) in [5.41, 5.74) is -0.0552. The van der Waals surface area contributed by atoms with Gasteiger partial charge in [0, 0.05) is 45.8 Å². The van der Waals surface area contributed by atoms with Gasteiger partial charge < -0.3 is 52.8 Å². The van der Waals surface area contributed by atoms with Crippen molar-refractivity contribution in [1.29, 1.82) is 0 Å². The lowest BCUT2D eigenvalue weighted by Gasteiger charge is -2.28. The third kappa shape index (κ3) is 23.8. The Morgan fingerprint density at radius 3 is 1.10 bits per heavy atom. The molecule has 3 aromatic rings. The summed E-state index contributed by atoms with van der Waals surface area (Å²) in [6.45, 7) is 35.9. The Labute approximate surface area is 530 Å². The molecule has 0 N–H and O–H groups in total. The summed E-state index contributed by atoms with van der Waals surface area (Å²) in [6, 6.07) is 23.2. The lowest BCUT2D eigenvalue weighted by atomic mass is 9.85. The van der Waals surface area contributed by atoms with Gasteiger partial charge in [-0.15, -0.1) is 0 Å². The Morgan fingerprint density at radius 1 is 0.427 bits per heavy atom. The number of amides is 4. The second-order valence-corrected chi connectivity index (χ2v) is 30.6. The summed E-state index contributed by atoms with van der Waals surface area (Å²) >= 11 is 0. The molecule has 3 saturated heterocycles. The molecule has 89 heavy (non-hydrogen) atoms. The molecule has 6 atom stereocenters. The van der Waals surface area contributed by atoms with Crippen molar-refractivity contribution in [3.05, 3.63) is 101 Å². The van der Waals surface area contributed by atoms with Crippen LogP contribution in [0.2, 0.25) is 0 Å². The van der Waals surface area contributed by atoms with Gasteiger partial charge in [0.15, 0.2) is 0 Å². The molecule has 0 radical (unpaired) electrons. The van der Waals surface area contributed by atoms with Crippen molar-refractivity contribution < 1.29 is 66.7 Å². The number of hydrogen-bond acceptors (Lipinski definition) is 14. The maximum atomic E-state index is 15.0. The summed E-state index contributed by atoms with van der Waals surface area (Å²) in [5.74, 6) is -2.87. The zero-order chi connectivity index (χ0) is 66.0. The first kappa shape index (κ1) is 71.2. The van der Waals surface area contributed by atoms with Crippen molar-refractivity contribution in [3.8, 4) is 5.75 Å². The van der Waals surface area contributed by atoms with E-state index in [4.69, 9.17) is 33.2 Å². The van der Waals surface area contributed by atoms with E-state index in [1.807, 2.05) is 197 Å². The van der Waals surface area contributed by atoms with E-state index >= 15 is 0 Å². The number of ether oxygens (including phenoxy) is 7. The predicted octanol–water partition coefficient (Wildman–Crippen LogP) is 12.6. The van der Waals surface area contributed by atoms with Crippen LogP contribution in [0.5, 0.6) is 5.75 Å². The smallest absolute Gasteiger partial charge is 0.410 e. The molecule has 0 unspecified atom stereocenters. The lowest BCUT2D eigenvalue weighted by molar-refractivity contribution is -0.163. The van der Waals surface area contributed by atoms with Crippen LogP contribution in [-0.2, 0) is 79.8 Å². The highest BCUT2D eigenvalue weighted by Crippen LogP contribution is 2.35. The highest BCUT2D eigenvalue weighted by molar-refractivity contribution is 5.79. The minimum atomic E-state index is -0.740. The summed E-state index contributed by atoms with van der Waals surface area (Å²) in [7, 11) is 0. The molecule has 3 fully saturated rings. The van der Waals surface area contributed by atoms with Crippen LogP contribution in [-0.4, -0.2) is 148 Å². The average molecular weight is 1240 g/mol. The molecule has 4 amide bonds. The Balaban J connectivity index is 1.25. The van der Waals surface area contributed by atoms with Crippen LogP contribution < -0.4 is 4.74 Å². The Kier molecular flexibility index (Phi) is 23.5. The highest BCUT2D eigenvalue weighted by atomic mass is 16.6. The Hall–Kier alpha value is -6.85. The number of rotatable bonds is 20. The lowest BCUT2D eigenvalue weighted by Crippen LogP contribution is -2.38. The van der Waals surface area contributed by atoms with Crippen LogP contribution in [0.3, 0.4) is 0 Å². The molecule has 6 rings (SSSR count). The molecule has 0 aromatic heterocycles. The van der Waals surface area contributed by atoms with Gasteiger partial charge in [-0.1, -0.05) is 60.7 Å². The first-order chi connectivity index (χ1) is 41.1. The van der Waals surface area contributed by atoms with Gasteiger partial charge in [-0.2, -0.15) is 0 Å². The van der Waals surface area contributed by atoms with Crippen LogP contribution in [0.25, 0.3) is 0 Å². The monoisotopic (exact) mass is 1240 g/mol. The van der Waals surface area contributed by atoms with E-state index in [9.17, 15) is 33.6 Å². The predicted molar refractivity (Wildman–Crippen MR) is 341 cm³/mol. The zero-order valence-electron chi connectivity index (χ0n) is 56.7. The number of benzene rings is 3. The van der Waals surface area contributed by atoms with Crippen LogP contribution in [0.15, 0.2) is 72.8 Å². The van der Waals surface area contributed by atoms with Gasteiger partial charge in [0.25, 0.3) is 0 Å². The maximum absolute atomic E-state index is 15.0. The van der Waals surface area contributed by atoms with E-state index in [-0.39, 0.29) is 67.7 Å². The van der Waals surface area contributed by atoms with E-state index in [1.165, 1.54) is 0 Å². The minimum Gasteiger partial charge on any atom is -0.492 e. The van der Waals surface area contributed by atoms with Crippen LogP contribution in [0.4, 0.5) is 14.4 Å². The first-order valence-corrected chi connectivity index (χ1v) is 31.9. The molecule has 3 heterocycles. The SMILES string of the molecule is CC(C)(C)OC(=O)[C@H](Cc1cccc(CC(=O)N(CCOc2cccc(C[C@@H](C(=O)OC(C)(C)C)[C@@H]3CCN(C(=O)OC(C)(C)C)C3)c2)Cc2cccc(C[C@@H](C(=O)OC(C)(C)C)[C@@H]3CCN(C(=O)OC(C)(C)C)C3)c2)c1)[C@@H]1CCN(C(=O)OC(C)(C)C)C1. The number of carbonyl (C=O) groups excluding carboxylic acids is 7. The largest absolute Gasteiger partial charge is 0.492 e. The standard InChI is InChI=1S/C71H104N4O14/c1-66(2,3)84-60(77)56(52-28-31-73(44-52)63(80)87-69(10,11)12)39-47-22-19-24-49(36-47)42-59(76)72(43-51-26-20-23-48(37-51)40-57(61(78)85-67(4,5)6)53-29-32-74(45-53)64(81)88-70(13,14)15)34-35-83-55-27-21-25-50(38-55)41-58(62(79)86-68(7,8)9)54-30-33-75(46-54)65(82)89-71(16,17)18/h19-27,36-38,52-54,56-58H,28-35,39-46H2,1-18H3/t52-,53-,54-,56-,57-,58-/m1/s1. The summed E-state index contributed by atoms with van der Waals surface area (Å²) in [4.78, 5) is 103. The molecule has 18 nitrogen and oxygen atoms in total. The number of carbonyl (C=O) groups is 7. The molecule has 18 heteroatoms. The van der Waals surface area contributed by atoms with Crippen molar-refractivity contribution in [2.45, 2.75) is 210 Å². The quantitative estimate of drug-likeness (QED) is 0.0765. The van der Waals surface area contributed by atoms with Crippen LogP contribution >= 0.6 is 0 Å². The van der Waals surface area contributed by atoms with Gasteiger partial charge in [-0.25, -0.2) is 14.4 Å². The number of likely N-dealkylation sites (tertiary alicyclic amines) is 3. The Morgan fingerprint density at radius 2 is 0.742 bits per heavy atom. The van der Waals surface area contributed by atoms with Gasteiger partial charge in [-0.05, 0) is 221 Å². The van der Waals surface area contributed by atoms with E-state index in [0.29, 0.717) is 83.5 Å². The second kappa shape index (κ2) is 29.4. The van der Waals surface area contributed by atoms with E-state index < -0.39 is 69.6 Å². The van der Waals surface area contributed by atoms with E-state index in [0.717, 1.165) is 27.8 Å². The summed E-state index contributed by atoms with van der Waals surface area (Å²) < 4.78 is 41.5. The average Bonchev–Trinajstić information content (AvgIpc) is 3.02. The fraction of sp³-hybridized carbons (Fsp3) is 0.648. The van der Waals surface area contributed by atoms with E-state index in [1.54, 1.807) is 19.6 Å². The molecule has 3 aliphatic heterocycles. The van der Waals surface area contributed by atoms with Crippen molar-refractivity contribution in [2.24, 2.45) is 35.5 Å². The molecule has 0 aliphatic carbocycles. The van der Waals surface area contributed by atoms with Crippen molar-refractivity contribution in [2.75, 3.05) is 52.4 Å². The molecule has 492 valence electrons. The second-order valence-electron chi connectivity index (χ2n) is 30.6. The van der Waals surface area contributed by atoms with Gasteiger partial charge in [-0.3, -0.25) is 19.2 Å². The molecule has 0 bridgehead atoms. The molecular formula is C71H104N4O14. The number of esters is 3. The summed E-state index contributed by atoms with van der Waals surface area (Å²) in [5, 5.41) is 0. The van der Waals surface area contributed by atoms with Gasteiger partial charge in [0.2, 0.25) is 5.91 Å². The molecule has 0 spiro atoms. The fourth-order valence-corrected chi connectivity index (χ4v) is 11.6. The van der Waals surface area contributed by atoms with Crippen molar-refractivity contribution in [3.63, 3.8) is 0 Å². The topological polar surface area (TPSA) is 197 Å². The first-order valence-electron chi connectivity index (χ1n) is 31.9. The van der Waals surface area contributed by atoms with Gasteiger partial charge in [0.1, 0.15) is 46.0 Å². The van der Waals surface area contributed by atoms with Crippen molar-refractivity contribution in [1.82, 2.24) is 19.6 Å². The molecule has 0 saturated carbocycles. The van der Waals surface area contributed by atoms with Crippen LogP contribution in [0.1, 0.15) is 172 Å². The van der Waals surface area contributed by atoms with Gasteiger partial charge in [0.05, 0.1) is 30.7 Å². The maximum Gasteiger partial charge on any atom is 0.410 e. The van der Waals surface area contributed by atoms with E-state index in [2.05, 4.69) is 0 Å². The molecule has 3 aromatic carbocycles. The Bertz CT molecular complexity index is 2930. The zero-order valence-corrected chi connectivity index (χ0v) is 56.7. The van der Waals surface area contributed by atoms with Gasteiger partial charge >= 0.3 is 36.2 Å². The third-order valence-electron chi connectivity index (χ3n) is 15.4. The minimum absolute atomic E-state index is 0.0328. The number of hydrogen-bond donors (Lipinski definition) is 0. The number of nitrogens with zero attached hydrogens (tertiary/aromatic N) is 4. The van der Waals surface area contributed by atoms with Crippen LogP contribution in [0, 0.1) is 35.5 Å². The third-order valence-corrected chi connectivity index (χ3v) is 15.4. The fourth-order valence-electron chi connectivity index (χ4n) is 11.6. The molecular weight excluding hydrogens is 1130 g/mol.